The van der Waals surface area contributed by atoms with E-state index in [1.807, 2.05) is 6.92 Å². The van der Waals surface area contributed by atoms with Crippen molar-refractivity contribution in [3.63, 3.8) is 0 Å². The van der Waals surface area contributed by atoms with E-state index in [1.54, 1.807) is 0 Å². The SMILES string of the molecule is C[C@H]1C[C@H]1C(=O)OCC(=O)Nc1cccc(C(F)(F)F)c1. The van der Waals surface area contributed by atoms with Crippen LogP contribution in [-0.4, -0.2) is 18.5 Å². The molecule has 1 aliphatic rings. The highest BCUT2D eigenvalue weighted by Gasteiger charge is 2.40. The summed E-state index contributed by atoms with van der Waals surface area (Å²) in [5.41, 5.74) is -0.852. The number of carbonyl (C=O) groups excluding carboxylic acids is 2. The van der Waals surface area contributed by atoms with Gasteiger partial charge in [0, 0.05) is 5.69 Å². The van der Waals surface area contributed by atoms with E-state index in [0.29, 0.717) is 0 Å². The molecular formula is C14H14F3NO3. The Balaban J connectivity index is 1.86. The molecule has 0 heterocycles. The highest BCUT2D eigenvalue weighted by atomic mass is 19.4. The van der Waals surface area contributed by atoms with Crippen LogP contribution >= 0.6 is 0 Å². The van der Waals surface area contributed by atoms with E-state index >= 15 is 0 Å². The summed E-state index contributed by atoms with van der Waals surface area (Å²) in [5, 5.41) is 2.26. The third-order valence-corrected chi connectivity index (χ3v) is 3.23. The Morgan fingerprint density at radius 3 is 2.62 bits per heavy atom. The Morgan fingerprint density at radius 1 is 1.38 bits per heavy atom. The predicted molar refractivity (Wildman–Crippen MR) is 68.3 cm³/mol. The molecule has 0 aliphatic heterocycles. The second-order valence-corrected chi connectivity index (χ2v) is 5.05. The van der Waals surface area contributed by atoms with Crippen molar-refractivity contribution in [3.8, 4) is 0 Å². The van der Waals surface area contributed by atoms with Crippen molar-refractivity contribution in [1.82, 2.24) is 0 Å². The molecule has 1 aromatic rings. The summed E-state index contributed by atoms with van der Waals surface area (Å²) in [4.78, 5) is 22.9. The molecule has 1 saturated carbocycles. The average Bonchev–Trinajstić information content (AvgIpc) is 3.12. The van der Waals surface area contributed by atoms with Crippen molar-refractivity contribution in [2.24, 2.45) is 11.8 Å². The highest BCUT2D eigenvalue weighted by molar-refractivity contribution is 5.93. The van der Waals surface area contributed by atoms with Gasteiger partial charge >= 0.3 is 12.1 Å². The number of alkyl halides is 3. The van der Waals surface area contributed by atoms with Gasteiger partial charge in [0.15, 0.2) is 6.61 Å². The van der Waals surface area contributed by atoms with Gasteiger partial charge < -0.3 is 10.1 Å². The van der Waals surface area contributed by atoms with Crippen molar-refractivity contribution in [2.45, 2.75) is 19.5 Å². The Labute approximate surface area is 119 Å². The third kappa shape index (κ3) is 4.21. The van der Waals surface area contributed by atoms with Gasteiger partial charge in [-0.2, -0.15) is 13.2 Å². The van der Waals surface area contributed by atoms with Crippen molar-refractivity contribution in [2.75, 3.05) is 11.9 Å². The maximum absolute atomic E-state index is 12.5. The quantitative estimate of drug-likeness (QED) is 0.870. The van der Waals surface area contributed by atoms with Crippen LogP contribution in [0.3, 0.4) is 0 Å². The molecule has 0 unspecified atom stereocenters. The lowest BCUT2D eigenvalue weighted by atomic mass is 10.2. The summed E-state index contributed by atoms with van der Waals surface area (Å²) in [7, 11) is 0. The van der Waals surface area contributed by atoms with Gasteiger partial charge in [-0.3, -0.25) is 9.59 Å². The smallest absolute Gasteiger partial charge is 0.416 e. The van der Waals surface area contributed by atoms with Gasteiger partial charge in [-0.25, -0.2) is 0 Å². The zero-order valence-corrected chi connectivity index (χ0v) is 11.2. The van der Waals surface area contributed by atoms with E-state index in [4.69, 9.17) is 4.74 Å². The van der Waals surface area contributed by atoms with Gasteiger partial charge in [0.1, 0.15) is 0 Å². The molecule has 114 valence electrons. The summed E-state index contributed by atoms with van der Waals surface area (Å²) >= 11 is 0. The maximum atomic E-state index is 12.5. The van der Waals surface area contributed by atoms with Crippen molar-refractivity contribution >= 4 is 17.6 Å². The number of benzene rings is 1. The number of anilines is 1. The minimum atomic E-state index is -4.48. The molecule has 1 amide bonds. The lowest BCUT2D eigenvalue weighted by Gasteiger charge is -2.10. The predicted octanol–water partition coefficient (Wildman–Crippen LogP) is 2.84. The number of hydrogen-bond acceptors (Lipinski definition) is 3. The lowest BCUT2D eigenvalue weighted by molar-refractivity contribution is -0.148. The summed E-state index contributed by atoms with van der Waals surface area (Å²) in [6.45, 7) is 1.40. The lowest BCUT2D eigenvalue weighted by Crippen LogP contribution is -2.22. The minimum Gasteiger partial charge on any atom is -0.455 e. The van der Waals surface area contributed by atoms with Crippen LogP contribution < -0.4 is 5.32 Å². The number of amides is 1. The Morgan fingerprint density at radius 2 is 2.05 bits per heavy atom. The van der Waals surface area contributed by atoms with Gasteiger partial charge in [-0.1, -0.05) is 13.0 Å². The summed E-state index contributed by atoms with van der Waals surface area (Å²) in [6, 6.07) is 4.25. The molecule has 0 radical (unpaired) electrons. The first-order valence-electron chi connectivity index (χ1n) is 6.41. The minimum absolute atomic E-state index is 0.00524. The molecule has 0 bridgehead atoms. The zero-order chi connectivity index (χ0) is 15.6. The number of nitrogens with one attached hydrogen (secondary N) is 1. The van der Waals surface area contributed by atoms with Crippen LogP contribution in [0, 0.1) is 11.8 Å². The third-order valence-electron chi connectivity index (χ3n) is 3.23. The second-order valence-electron chi connectivity index (χ2n) is 5.05. The molecule has 0 spiro atoms. The maximum Gasteiger partial charge on any atom is 0.416 e. The first kappa shape index (κ1) is 15.3. The number of carbonyl (C=O) groups is 2. The molecule has 4 nitrogen and oxygen atoms in total. The largest absolute Gasteiger partial charge is 0.455 e. The molecule has 21 heavy (non-hydrogen) atoms. The van der Waals surface area contributed by atoms with Crippen LogP contribution in [0.4, 0.5) is 18.9 Å². The van der Waals surface area contributed by atoms with E-state index in [1.165, 1.54) is 12.1 Å². The first-order valence-corrected chi connectivity index (χ1v) is 6.41. The molecule has 0 aromatic heterocycles. The van der Waals surface area contributed by atoms with Crippen LogP contribution in [0.2, 0.25) is 0 Å². The van der Waals surface area contributed by atoms with E-state index in [0.717, 1.165) is 18.6 Å². The van der Waals surface area contributed by atoms with E-state index in [-0.39, 0.29) is 17.5 Å². The van der Waals surface area contributed by atoms with Crippen molar-refractivity contribution in [3.05, 3.63) is 29.8 Å². The van der Waals surface area contributed by atoms with Crippen LogP contribution in [-0.2, 0) is 20.5 Å². The zero-order valence-electron chi connectivity index (χ0n) is 11.2. The van der Waals surface area contributed by atoms with Gasteiger partial charge in [-0.15, -0.1) is 0 Å². The fourth-order valence-electron chi connectivity index (χ4n) is 1.86. The molecule has 1 aliphatic carbocycles. The van der Waals surface area contributed by atoms with Crippen molar-refractivity contribution < 1.29 is 27.5 Å². The van der Waals surface area contributed by atoms with E-state index in [9.17, 15) is 22.8 Å². The Hall–Kier alpha value is -2.05. The molecule has 1 fully saturated rings. The molecular weight excluding hydrogens is 287 g/mol. The van der Waals surface area contributed by atoms with Gasteiger partial charge in [0.2, 0.25) is 0 Å². The summed E-state index contributed by atoms with van der Waals surface area (Å²) < 4.78 is 42.3. The Kier molecular flexibility index (Phi) is 4.20. The normalized spacial score (nSPS) is 20.8. The molecule has 7 heteroatoms. The fourth-order valence-corrected chi connectivity index (χ4v) is 1.86. The average molecular weight is 301 g/mol. The standard InChI is InChI=1S/C14H14F3NO3/c1-8-5-11(8)13(20)21-7-12(19)18-10-4-2-3-9(6-10)14(15,16)17/h2-4,6,8,11H,5,7H2,1H3,(H,18,19)/t8-,11+/m0/s1. The van der Waals surface area contributed by atoms with Crippen LogP contribution in [0.5, 0.6) is 0 Å². The van der Waals surface area contributed by atoms with Gasteiger partial charge in [0.05, 0.1) is 11.5 Å². The second kappa shape index (κ2) is 5.75. The Bertz CT molecular complexity index is 557. The van der Waals surface area contributed by atoms with Gasteiger partial charge in [-0.05, 0) is 30.5 Å². The summed E-state index contributed by atoms with van der Waals surface area (Å²) in [6.07, 6.45) is -3.73. The monoisotopic (exact) mass is 301 g/mol. The molecule has 1 N–H and O–H groups in total. The molecule has 1 aromatic carbocycles. The van der Waals surface area contributed by atoms with Gasteiger partial charge in [0.25, 0.3) is 5.91 Å². The summed E-state index contributed by atoms with van der Waals surface area (Å²) in [5.74, 6) is -1.01. The fraction of sp³-hybridized carbons (Fsp3) is 0.429. The van der Waals surface area contributed by atoms with Crippen LogP contribution in [0.15, 0.2) is 24.3 Å². The molecule has 2 rings (SSSR count). The number of ether oxygens (including phenoxy) is 1. The number of esters is 1. The van der Waals surface area contributed by atoms with Crippen molar-refractivity contribution in [1.29, 1.82) is 0 Å². The molecule has 0 saturated heterocycles. The highest BCUT2D eigenvalue weighted by Crippen LogP contribution is 2.38. The number of rotatable bonds is 4. The first-order chi connectivity index (χ1) is 9.77. The van der Waals surface area contributed by atoms with Crippen LogP contribution in [0.25, 0.3) is 0 Å². The van der Waals surface area contributed by atoms with E-state index < -0.39 is 30.2 Å². The van der Waals surface area contributed by atoms with E-state index in [2.05, 4.69) is 5.32 Å². The van der Waals surface area contributed by atoms with Crippen LogP contribution in [0.1, 0.15) is 18.9 Å². The topological polar surface area (TPSA) is 55.4 Å². The molecule has 2 atom stereocenters. The number of halogens is 3. The number of hydrogen-bond donors (Lipinski definition) is 1.